The lowest BCUT2D eigenvalue weighted by molar-refractivity contribution is -0.274. The van der Waals surface area contributed by atoms with Crippen LogP contribution in [0.25, 0.3) is 0 Å². The number of benzene rings is 1. The predicted octanol–water partition coefficient (Wildman–Crippen LogP) is 2.52. The number of ether oxygens (including phenoxy) is 1. The van der Waals surface area contributed by atoms with Gasteiger partial charge in [0.25, 0.3) is 0 Å². The van der Waals surface area contributed by atoms with E-state index in [0.29, 0.717) is 6.42 Å². The van der Waals surface area contributed by atoms with Gasteiger partial charge >= 0.3 is 6.36 Å². The van der Waals surface area contributed by atoms with E-state index < -0.39 is 6.36 Å². The summed E-state index contributed by atoms with van der Waals surface area (Å²) in [6.07, 6.45) is -2.47. The zero-order valence-electron chi connectivity index (χ0n) is 7.79. The van der Waals surface area contributed by atoms with Crippen molar-refractivity contribution in [2.45, 2.75) is 12.8 Å². The van der Waals surface area contributed by atoms with Gasteiger partial charge in [-0.2, -0.15) is 0 Å². The molecule has 0 aromatic heterocycles. The molecule has 0 aliphatic rings. The van der Waals surface area contributed by atoms with Gasteiger partial charge in [-0.25, -0.2) is 0 Å². The summed E-state index contributed by atoms with van der Waals surface area (Å²) < 4.78 is 39.0. The number of aliphatic hydroxyl groups is 1. The quantitative estimate of drug-likeness (QED) is 0.843. The third-order valence-corrected chi connectivity index (χ3v) is 1.62. The SMILES string of the molecule is OCC[CH]c1ccc(OC(F)(F)F)cc1. The van der Waals surface area contributed by atoms with Crippen molar-refractivity contribution in [1.82, 2.24) is 0 Å². The number of halogens is 3. The molecule has 0 heterocycles. The van der Waals surface area contributed by atoms with Crippen LogP contribution >= 0.6 is 0 Å². The largest absolute Gasteiger partial charge is 0.573 e. The molecule has 0 aliphatic heterocycles. The Morgan fingerprint density at radius 2 is 1.80 bits per heavy atom. The maximum atomic E-state index is 11.8. The van der Waals surface area contributed by atoms with Crippen LogP contribution in [0.5, 0.6) is 5.75 Å². The van der Waals surface area contributed by atoms with Crippen LogP contribution in [0.15, 0.2) is 24.3 Å². The molecular formula is C10H10F3O2. The average Bonchev–Trinajstić information content (AvgIpc) is 2.14. The van der Waals surface area contributed by atoms with Gasteiger partial charge in [0.05, 0.1) is 0 Å². The lowest BCUT2D eigenvalue weighted by Gasteiger charge is -2.08. The topological polar surface area (TPSA) is 29.5 Å². The third-order valence-electron chi connectivity index (χ3n) is 1.62. The Labute approximate surface area is 85.3 Å². The van der Waals surface area contributed by atoms with Gasteiger partial charge in [-0.3, -0.25) is 0 Å². The molecule has 5 heteroatoms. The molecule has 1 radical (unpaired) electrons. The maximum Gasteiger partial charge on any atom is 0.573 e. The van der Waals surface area contributed by atoms with Gasteiger partial charge < -0.3 is 9.84 Å². The number of hydrogen-bond acceptors (Lipinski definition) is 2. The van der Waals surface area contributed by atoms with Gasteiger partial charge in [0, 0.05) is 6.61 Å². The smallest absolute Gasteiger partial charge is 0.406 e. The molecule has 1 aromatic carbocycles. The predicted molar refractivity (Wildman–Crippen MR) is 48.2 cm³/mol. The number of hydrogen-bond donors (Lipinski definition) is 1. The molecule has 0 aliphatic carbocycles. The van der Waals surface area contributed by atoms with Gasteiger partial charge in [-0.1, -0.05) is 12.1 Å². The lowest BCUT2D eigenvalue weighted by Crippen LogP contribution is -2.16. The molecule has 0 saturated carbocycles. The maximum absolute atomic E-state index is 11.8. The highest BCUT2D eigenvalue weighted by atomic mass is 19.4. The Hall–Kier alpha value is -1.23. The second-order valence-corrected chi connectivity index (χ2v) is 2.83. The van der Waals surface area contributed by atoms with Gasteiger partial charge in [0.15, 0.2) is 0 Å². The summed E-state index contributed by atoms with van der Waals surface area (Å²) in [6.45, 7) is 0.0147. The molecule has 0 bridgehead atoms. The minimum Gasteiger partial charge on any atom is -0.406 e. The van der Waals surface area contributed by atoms with Crippen LogP contribution in [-0.4, -0.2) is 18.1 Å². The van der Waals surface area contributed by atoms with Crippen LogP contribution in [0, 0.1) is 6.42 Å². The van der Waals surface area contributed by atoms with E-state index in [9.17, 15) is 13.2 Å². The molecule has 83 valence electrons. The summed E-state index contributed by atoms with van der Waals surface area (Å²) in [5, 5.41) is 8.53. The molecule has 1 aromatic rings. The first-order valence-corrected chi connectivity index (χ1v) is 4.31. The van der Waals surface area contributed by atoms with E-state index in [1.165, 1.54) is 24.3 Å². The zero-order valence-corrected chi connectivity index (χ0v) is 7.79. The van der Waals surface area contributed by atoms with Crippen molar-refractivity contribution >= 4 is 0 Å². The second-order valence-electron chi connectivity index (χ2n) is 2.83. The Bertz CT molecular complexity index is 293. The monoisotopic (exact) mass is 219 g/mol. The first kappa shape index (κ1) is 11.8. The Morgan fingerprint density at radius 3 is 2.27 bits per heavy atom. The fourth-order valence-corrected chi connectivity index (χ4v) is 1.04. The van der Waals surface area contributed by atoms with Crippen LogP contribution in [0.1, 0.15) is 12.0 Å². The van der Waals surface area contributed by atoms with Crippen LogP contribution < -0.4 is 4.74 Å². The van der Waals surface area contributed by atoms with Crippen LogP contribution in [-0.2, 0) is 0 Å². The summed E-state index contributed by atoms with van der Waals surface area (Å²) in [5.74, 6) is -0.247. The van der Waals surface area contributed by atoms with Gasteiger partial charge in [0.2, 0.25) is 0 Å². The summed E-state index contributed by atoms with van der Waals surface area (Å²) in [5.41, 5.74) is 0.749. The van der Waals surface area contributed by atoms with Crippen molar-refractivity contribution in [3.63, 3.8) is 0 Å². The molecule has 0 fully saturated rings. The summed E-state index contributed by atoms with van der Waals surface area (Å²) in [4.78, 5) is 0. The lowest BCUT2D eigenvalue weighted by atomic mass is 10.1. The highest BCUT2D eigenvalue weighted by Crippen LogP contribution is 2.23. The average molecular weight is 219 g/mol. The van der Waals surface area contributed by atoms with Crippen LogP contribution in [0.3, 0.4) is 0 Å². The number of aliphatic hydroxyl groups excluding tert-OH is 1. The van der Waals surface area contributed by atoms with Crippen LogP contribution in [0.2, 0.25) is 0 Å². The van der Waals surface area contributed by atoms with Crippen molar-refractivity contribution in [2.24, 2.45) is 0 Å². The van der Waals surface area contributed by atoms with Crippen molar-refractivity contribution in [1.29, 1.82) is 0 Å². The van der Waals surface area contributed by atoms with Crippen molar-refractivity contribution in [3.8, 4) is 5.75 Å². The number of rotatable bonds is 4. The Kier molecular flexibility index (Phi) is 3.96. The zero-order chi connectivity index (χ0) is 11.3. The standard InChI is InChI=1S/C10H10F3O2/c11-10(12,13)15-9-5-3-8(4-6-9)2-1-7-14/h2-6,14H,1,7H2. The van der Waals surface area contributed by atoms with E-state index in [-0.39, 0.29) is 12.4 Å². The van der Waals surface area contributed by atoms with Crippen molar-refractivity contribution in [3.05, 3.63) is 36.2 Å². The molecule has 0 atom stereocenters. The third kappa shape index (κ3) is 4.69. The van der Waals surface area contributed by atoms with E-state index in [4.69, 9.17) is 5.11 Å². The fourth-order valence-electron chi connectivity index (χ4n) is 1.04. The molecule has 0 unspecified atom stereocenters. The minimum absolute atomic E-state index is 0.0147. The van der Waals surface area contributed by atoms with Gasteiger partial charge in [-0.15, -0.1) is 13.2 Å². The highest BCUT2D eigenvalue weighted by Gasteiger charge is 2.30. The molecule has 1 N–H and O–H groups in total. The summed E-state index contributed by atoms with van der Waals surface area (Å²) in [7, 11) is 0. The molecule has 1 rings (SSSR count). The van der Waals surface area contributed by atoms with E-state index in [1.54, 1.807) is 6.42 Å². The van der Waals surface area contributed by atoms with Crippen molar-refractivity contribution in [2.75, 3.05) is 6.61 Å². The number of alkyl halides is 3. The molecule has 0 amide bonds. The highest BCUT2D eigenvalue weighted by molar-refractivity contribution is 5.31. The van der Waals surface area contributed by atoms with Crippen LogP contribution in [0.4, 0.5) is 13.2 Å². The summed E-state index contributed by atoms with van der Waals surface area (Å²) in [6, 6.07) is 5.46. The van der Waals surface area contributed by atoms with E-state index in [2.05, 4.69) is 4.74 Å². The Morgan fingerprint density at radius 1 is 1.20 bits per heavy atom. The first-order valence-electron chi connectivity index (χ1n) is 4.31. The fraction of sp³-hybridized carbons (Fsp3) is 0.300. The van der Waals surface area contributed by atoms with Crippen molar-refractivity contribution < 1.29 is 23.0 Å². The van der Waals surface area contributed by atoms with Gasteiger partial charge in [-0.05, 0) is 30.5 Å². The van der Waals surface area contributed by atoms with E-state index in [1.807, 2.05) is 0 Å². The first-order chi connectivity index (χ1) is 7.01. The van der Waals surface area contributed by atoms with E-state index >= 15 is 0 Å². The minimum atomic E-state index is -4.66. The molecular weight excluding hydrogens is 209 g/mol. The molecule has 0 spiro atoms. The van der Waals surface area contributed by atoms with E-state index in [0.717, 1.165) is 5.56 Å². The molecule has 15 heavy (non-hydrogen) atoms. The normalized spacial score (nSPS) is 11.5. The van der Waals surface area contributed by atoms with Gasteiger partial charge in [0.1, 0.15) is 5.75 Å². The summed E-state index contributed by atoms with van der Waals surface area (Å²) >= 11 is 0. The molecule has 2 nitrogen and oxygen atoms in total. The second kappa shape index (κ2) is 5.02. The Balaban J connectivity index is 2.56. The molecule has 0 saturated heterocycles.